The number of aryl methyl sites for hydroxylation is 1. The maximum Gasteiger partial charge on any atom is 0.185 e. The molecule has 0 aromatic carbocycles. The molecule has 92 valence electrons. The van der Waals surface area contributed by atoms with Crippen LogP contribution in [0.3, 0.4) is 0 Å². The van der Waals surface area contributed by atoms with Gasteiger partial charge in [-0.05, 0) is 25.3 Å². The van der Waals surface area contributed by atoms with E-state index in [-0.39, 0.29) is 5.41 Å². The average molecular weight is 241 g/mol. The summed E-state index contributed by atoms with van der Waals surface area (Å²) in [5, 5.41) is 3.27. The van der Waals surface area contributed by atoms with Gasteiger partial charge in [0, 0.05) is 18.5 Å². The lowest BCUT2D eigenvalue weighted by molar-refractivity contribution is 0.379. The molecule has 0 atom stereocenters. The van der Waals surface area contributed by atoms with Gasteiger partial charge in [-0.2, -0.15) is 0 Å². The number of thiazole rings is 1. The second-order valence-electron chi connectivity index (χ2n) is 4.86. The molecule has 1 heterocycles. The minimum Gasteiger partial charge on any atom is -0.348 e. The van der Waals surface area contributed by atoms with Crippen LogP contribution in [0.15, 0.2) is 5.38 Å². The van der Waals surface area contributed by atoms with Crippen molar-refractivity contribution in [2.24, 2.45) is 11.1 Å². The van der Waals surface area contributed by atoms with Gasteiger partial charge in [-0.1, -0.05) is 20.8 Å². The van der Waals surface area contributed by atoms with Gasteiger partial charge in [-0.15, -0.1) is 11.3 Å². The molecule has 0 unspecified atom stereocenters. The van der Waals surface area contributed by atoms with Gasteiger partial charge in [0.25, 0.3) is 0 Å². The van der Waals surface area contributed by atoms with Gasteiger partial charge in [0.2, 0.25) is 0 Å². The monoisotopic (exact) mass is 241 g/mol. The van der Waals surface area contributed by atoms with Gasteiger partial charge >= 0.3 is 0 Å². The molecule has 1 rings (SSSR count). The first-order valence-corrected chi connectivity index (χ1v) is 6.79. The molecule has 0 radical (unpaired) electrons. The normalized spacial score (nSPS) is 11.8. The van der Waals surface area contributed by atoms with Gasteiger partial charge in [-0.25, -0.2) is 4.98 Å². The van der Waals surface area contributed by atoms with E-state index in [1.807, 2.05) is 0 Å². The summed E-state index contributed by atoms with van der Waals surface area (Å²) in [6.45, 7) is 11.4. The lowest BCUT2D eigenvalue weighted by Crippen LogP contribution is -2.38. The zero-order chi connectivity index (χ0) is 12.2. The number of hydrogen-bond acceptors (Lipinski definition) is 4. The minimum absolute atomic E-state index is 0.147. The van der Waals surface area contributed by atoms with E-state index in [4.69, 9.17) is 5.73 Å². The molecule has 0 saturated carbocycles. The number of aromatic nitrogens is 1. The zero-order valence-electron chi connectivity index (χ0n) is 10.8. The molecule has 3 nitrogen and oxygen atoms in total. The first kappa shape index (κ1) is 13.5. The van der Waals surface area contributed by atoms with Crippen LogP contribution < -0.4 is 10.6 Å². The van der Waals surface area contributed by atoms with E-state index >= 15 is 0 Å². The highest BCUT2D eigenvalue weighted by Crippen LogP contribution is 2.24. The molecule has 16 heavy (non-hydrogen) atoms. The summed E-state index contributed by atoms with van der Waals surface area (Å²) in [4.78, 5) is 6.94. The van der Waals surface area contributed by atoms with E-state index in [2.05, 4.69) is 43.0 Å². The van der Waals surface area contributed by atoms with E-state index in [9.17, 15) is 0 Å². The molecule has 0 spiro atoms. The highest BCUT2D eigenvalue weighted by atomic mass is 32.1. The Bertz CT molecular complexity index is 320. The molecule has 0 aliphatic carbocycles. The molecule has 0 saturated heterocycles. The molecule has 1 aromatic rings. The third kappa shape index (κ3) is 3.46. The van der Waals surface area contributed by atoms with Crippen molar-refractivity contribution in [3.05, 3.63) is 11.1 Å². The van der Waals surface area contributed by atoms with E-state index in [1.54, 1.807) is 11.3 Å². The van der Waals surface area contributed by atoms with Gasteiger partial charge in [-0.3, -0.25) is 0 Å². The maximum absolute atomic E-state index is 5.78. The van der Waals surface area contributed by atoms with Crippen molar-refractivity contribution < 1.29 is 0 Å². The molecule has 0 bridgehead atoms. The van der Waals surface area contributed by atoms with Crippen molar-refractivity contribution in [3.8, 4) is 0 Å². The summed E-state index contributed by atoms with van der Waals surface area (Å²) in [6.07, 6.45) is 1.01. The summed E-state index contributed by atoms with van der Waals surface area (Å²) < 4.78 is 0. The molecular weight excluding hydrogens is 218 g/mol. The topological polar surface area (TPSA) is 42.1 Å². The molecule has 2 N–H and O–H groups in total. The first-order valence-electron chi connectivity index (χ1n) is 5.91. The summed E-state index contributed by atoms with van der Waals surface area (Å²) in [7, 11) is 0. The lowest BCUT2D eigenvalue weighted by atomic mass is 9.93. The Labute approximate surface area is 103 Å². The highest BCUT2D eigenvalue weighted by molar-refractivity contribution is 7.13. The van der Waals surface area contributed by atoms with Gasteiger partial charge in [0.05, 0.1) is 5.69 Å². The van der Waals surface area contributed by atoms with Crippen molar-refractivity contribution in [2.75, 3.05) is 24.5 Å². The molecular formula is C12H23N3S. The minimum atomic E-state index is 0.147. The smallest absolute Gasteiger partial charge is 0.185 e. The fourth-order valence-corrected chi connectivity index (χ4v) is 2.47. The zero-order valence-corrected chi connectivity index (χ0v) is 11.6. The Kier molecular flexibility index (Phi) is 4.74. The van der Waals surface area contributed by atoms with Gasteiger partial charge in [0.1, 0.15) is 0 Å². The Morgan fingerprint density at radius 3 is 2.56 bits per heavy atom. The Morgan fingerprint density at radius 1 is 1.44 bits per heavy atom. The van der Waals surface area contributed by atoms with Crippen molar-refractivity contribution >= 4 is 16.5 Å². The van der Waals surface area contributed by atoms with Gasteiger partial charge < -0.3 is 10.6 Å². The predicted molar refractivity (Wildman–Crippen MR) is 72.2 cm³/mol. The fourth-order valence-electron chi connectivity index (χ4n) is 1.50. The second-order valence-corrected chi connectivity index (χ2v) is 5.69. The highest BCUT2D eigenvalue weighted by Gasteiger charge is 2.21. The molecule has 4 heteroatoms. The number of rotatable bonds is 6. The summed E-state index contributed by atoms with van der Waals surface area (Å²) >= 11 is 1.73. The summed E-state index contributed by atoms with van der Waals surface area (Å²) in [5.74, 6) is 0. The number of nitrogens with two attached hydrogens (primary N) is 1. The van der Waals surface area contributed by atoms with Crippen molar-refractivity contribution in [1.82, 2.24) is 4.98 Å². The van der Waals surface area contributed by atoms with Gasteiger partial charge in [0.15, 0.2) is 5.13 Å². The Hall–Kier alpha value is -0.610. The van der Waals surface area contributed by atoms with E-state index in [1.165, 1.54) is 5.69 Å². The van der Waals surface area contributed by atoms with E-state index in [0.29, 0.717) is 6.54 Å². The second kappa shape index (κ2) is 5.64. The third-order valence-electron chi connectivity index (χ3n) is 2.73. The van der Waals surface area contributed by atoms with Crippen LogP contribution in [-0.2, 0) is 6.42 Å². The molecule has 1 aromatic heterocycles. The number of anilines is 1. The van der Waals surface area contributed by atoms with Crippen LogP contribution in [0.1, 0.15) is 33.4 Å². The van der Waals surface area contributed by atoms with Crippen LogP contribution in [0.25, 0.3) is 0 Å². The molecule has 0 aliphatic rings. The van der Waals surface area contributed by atoms with Crippen LogP contribution in [0.4, 0.5) is 5.13 Å². The SMILES string of the molecule is CCc1csc(N(CC)CC(C)(C)CN)n1. The maximum atomic E-state index is 5.78. The molecule has 0 fully saturated rings. The fraction of sp³-hybridized carbons (Fsp3) is 0.750. The first-order chi connectivity index (χ1) is 7.52. The number of nitrogens with zero attached hydrogens (tertiary/aromatic N) is 2. The molecule has 0 aliphatic heterocycles. The predicted octanol–water partition coefficient (Wildman–Crippen LogP) is 2.52. The van der Waals surface area contributed by atoms with Crippen LogP contribution in [-0.4, -0.2) is 24.6 Å². The Balaban J connectivity index is 2.74. The lowest BCUT2D eigenvalue weighted by Gasteiger charge is -2.30. The molecule has 0 amide bonds. The van der Waals surface area contributed by atoms with Crippen LogP contribution in [0.2, 0.25) is 0 Å². The van der Waals surface area contributed by atoms with Crippen molar-refractivity contribution in [1.29, 1.82) is 0 Å². The number of hydrogen-bond donors (Lipinski definition) is 1. The summed E-state index contributed by atoms with van der Waals surface area (Å²) in [6, 6.07) is 0. The Morgan fingerprint density at radius 2 is 2.12 bits per heavy atom. The van der Waals surface area contributed by atoms with E-state index < -0.39 is 0 Å². The average Bonchev–Trinajstić information content (AvgIpc) is 2.74. The van der Waals surface area contributed by atoms with Crippen molar-refractivity contribution in [3.63, 3.8) is 0 Å². The van der Waals surface area contributed by atoms with Crippen LogP contribution >= 0.6 is 11.3 Å². The van der Waals surface area contributed by atoms with Crippen LogP contribution in [0, 0.1) is 5.41 Å². The largest absolute Gasteiger partial charge is 0.348 e. The quantitative estimate of drug-likeness (QED) is 0.832. The summed E-state index contributed by atoms with van der Waals surface area (Å²) in [5.41, 5.74) is 7.11. The van der Waals surface area contributed by atoms with Crippen LogP contribution in [0.5, 0.6) is 0 Å². The third-order valence-corrected chi connectivity index (χ3v) is 3.68. The van der Waals surface area contributed by atoms with Crippen molar-refractivity contribution in [2.45, 2.75) is 34.1 Å². The standard InChI is InChI=1S/C12H23N3S/c1-5-10-7-16-11(14-10)15(6-2)9-12(3,4)8-13/h7H,5-6,8-9,13H2,1-4H3. The van der Waals surface area contributed by atoms with E-state index in [0.717, 1.165) is 24.6 Å².